The van der Waals surface area contributed by atoms with Gasteiger partial charge in [-0.1, -0.05) is 6.08 Å². The quantitative estimate of drug-likeness (QED) is 0.328. The van der Waals surface area contributed by atoms with Crippen LogP contribution in [0.2, 0.25) is 0 Å². The molecule has 0 aliphatic heterocycles. The number of amides is 1. The topological polar surface area (TPSA) is 67.4 Å². The maximum absolute atomic E-state index is 11.0. The van der Waals surface area contributed by atoms with Gasteiger partial charge in [-0.3, -0.25) is 9.59 Å². The molecular formula is C9H16N2O3. The van der Waals surface area contributed by atoms with Gasteiger partial charge < -0.3 is 15.4 Å². The summed E-state index contributed by atoms with van der Waals surface area (Å²) in [6.07, 6.45) is 1.87. The normalized spacial score (nSPS) is 9.21. The molecule has 0 bridgehead atoms. The first-order valence-corrected chi connectivity index (χ1v) is 4.35. The van der Waals surface area contributed by atoms with Crippen molar-refractivity contribution in [1.82, 2.24) is 10.6 Å². The van der Waals surface area contributed by atoms with Gasteiger partial charge in [0.25, 0.3) is 0 Å². The van der Waals surface area contributed by atoms with Gasteiger partial charge in [-0.2, -0.15) is 0 Å². The number of nitrogens with one attached hydrogen (secondary N) is 2. The summed E-state index contributed by atoms with van der Waals surface area (Å²) < 4.78 is 4.41. The Labute approximate surface area is 83.5 Å². The molecule has 0 unspecified atom stereocenters. The molecule has 0 rings (SSSR count). The van der Waals surface area contributed by atoms with Crippen LogP contribution < -0.4 is 10.6 Å². The van der Waals surface area contributed by atoms with Crippen molar-refractivity contribution in [3.8, 4) is 0 Å². The van der Waals surface area contributed by atoms with E-state index < -0.39 is 0 Å². The number of rotatable bonds is 7. The zero-order chi connectivity index (χ0) is 10.8. The van der Waals surface area contributed by atoms with Crippen LogP contribution in [-0.4, -0.2) is 38.6 Å². The second-order valence-electron chi connectivity index (χ2n) is 2.60. The Morgan fingerprint density at radius 1 is 1.50 bits per heavy atom. The number of methoxy groups -OCH3 is 1. The fourth-order valence-corrected chi connectivity index (χ4v) is 0.756. The molecule has 0 spiro atoms. The van der Waals surface area contributed by atoms with E-state index in [-0.39, 0.29) is 24.8 Å². The molecule has 0 saturated heterocycles. The third kappa shape index (κ3) is 7.30. The van der Waals surface area contributed by atoms with Crippen LogP contribution in [0.4, 0.5) is 0 Å². The summed E-state index contributed by atoms with van der Waals surface area (Å²) in [5.74, 6) is -0.472. The Kier molecular flexibility index (Phi) is 7.45. The van der Waals surface area contributed by atoms with Crippen LogP contribution in [0.15, 0.2) is 12.7 Å². The molecule has 0 aromatic heterocycles. The largest absolute Gasteiger partial charge is 0.469 e. The summed E-state index contributed by atoms with van der Waals surface area (Å²) in [7, 11) is 1.32. The van der Waals surface area contributed by atoms with E-state index in [9.17, 15) is 9.59 Å². The fraction of sp³-hybridized carbons (Fsp3) is 0.556. The Balaban J connectivity index is 3.35. The van der Waals surface area contributed by atoms with Gasteiger partial charge in [0, 0.05) is 13.1 Å². The van der Waals surface area contributed by atoms with Crippen molar-refractivity contribution >= 4 is 11.9 Å². The predicted molar refractivity (Wildman–Crippen MR) is 52.7 cm³/mol. The summed E-state index contributed by atoms with van der Waals surface area (Å²) in [4.78, 5) is 21.7. The number of carbonyl (C=O) groups is 2. The predicted octanol–water partition coefficient (Wildman–Crippen LogP) is -0.559. The molecule has 1 amide bonds. The molecule has 14 heavy (non-hydrogen) atoms. The number of carbonyl (C=O) groups excluding carboxylic acids is 2. The van der Waals surface area contributed by atoms with Crippen molar-refractivity contribution in [2.24, 2.45) is 0 Å². The van der Waals surface area contributed by atoms with Crippen molar-refractivity contribution in [2.75, 3.05) is 26.7 Å². The molecule has 0 aliphatic rings. The van der Waals surface area contributed by atoms with Gasteiger partial charge in [-0.25, -0.2) is 0 Å². The van der Waals surface area contributed by atoms with Gasteiger partial charge in [0.1, 0.15) is 0 Å². The molecule has 0 aromatic rings. The van der Waals surface area contributed by atoms with Crippen LogP contribution in [0, 0.1) is 0 Å². The van der Waals surface area contributed by atoms with Crippen LogP contribution in [-0.2, 0) is 14.3 Å². The molecule has 0 aromatic carbocycles. The minimum atomic E-state index is -0.329. The van der Waals surface area contributed by atoms with Crippen LogP contribution in [0.1, 0.15) is 6.42 Å². The molecule has 5 nitrogen and oxygen atoms in total. The lowest BCUT2D eigenvalue weighted by atomic mass is 10.4. The summed E-state index contributed by atoms with van der Waals surface area (Å²) in [6.45, 7) is 4.62. The maximum atomic E-state index is 11.0. The highest BCUT2D eigenvalue weighted by atomic mass is 16.5. The first kappa shape index (κ1) is 12.6. The van der Waals surface area contributed by atoms with Gasteiger partial charge in [-0.15, -0.1) is 6.58 Å². The highest BCUT2D eigenvalue weighted by Gasteiger charge is 2.02. The number of hydrogen-bond donors (Lipinski definition) is 2. The summed E-state index contributed by atoms with van der Waals surface area (Å²) in [5, 5.41) is 5.41. The molecule has 0 radical (unpaired) electrons. The van der Waals surface area contributed by atoms with Crippen LogP contribution in [0.3, 0.4) is 0 Å². The van der Waals surface area contributed by atoms with Crippen molar-refractivity contribution in [1.29, 1.82) is 0 Å². The summed E-state index contributed by atoms with van der Waals surface area (Å²) in [6, 6.07) is 0. The number of hydrogen-bond acceptors (Lipinski definition) is 4. The summed E-state index contributed by atoms with van der Waals surface area (Å²) in [5.41, 5.74) is 0. The first-order valence-electron chi connectivity index (χ1n) is 4.35. The third-order valence-electron chi connectivity index (χ3n) is 1.45. The molecule has 80 valence electrons. The van der Waals surface area contributed by atoms with E-state index in [1.165, 1.54) is 7.11 Å². The lowest BCUT2D eigenvalue weighted by Gasteiger charge is -2.04. The van der Waals surface area contributed by atoms with Crippen molar-refractivity contribution in [2.45, 2.75) is 6.42 Å². The van der Waals surface area contributed by atoms with E-state index in [1.54, 1.807) is 6.08 Å². The average molecular weight is 200 g/mol. The van der Waals surface area contributed by atoms with E-state index in [4.69, 9.17) is 0 Å². The molecule has 0 fully saturated rings. The number of ether oxygens (including phenoxy) is 1. The van der Waals surface area contributed by atoms with Gasteiger partial charge in [0.2, 0.25) is 5.91 Å². The highest BCUT2D eigenvalue weighted by Crippen LogP contribution is 1.80. The van der Waals surface area contributed by atoms with E-state index in [0.29, 0.717) is 13.1 Å². The summed E-state index contributed by atoms with van der Waals surface area (Å²) >= 11 is 0. The Morgan fingerprint density at radius 3 is 2.79 bits per heavy atom. The van der Waals surface area contributed by atoms with E-state index in [0.717, 1.165) is 0 Å². The fourth-order valence-electron chi connectivity index (χ4n) is 0.756. The smallest absolute Gasteiger partial charge is 0.307 e. The van der Waals surface area contributed by atoms with E-state index >= 15 is 0 Å². The van der Waals surface area contributed by atoms with Crippen LogP contribution in [0.5, 0.6) is 0 Å². The Hall–Kier alpha value is -1.36. The lowest BCUT2D eigenvalue weighted by Crippen LogP contribution is -2.35. The second-order valence-corrected chi connectivity index (χ2v) is 2.60. The van der Waals surface area contributed by atoms with Crippen molar-refractivity contribution in [3.63, 3.8) is 0 Å². The molecule has 0 aliphatic carbocycles. The molecule has 0 saturated carbocycles. The second kappa shape index (κ2) is 8.25. The zero-order valence-electron chi connectivity index (χ0n) is 8.34. The maximum Gasteiger partial charge on any atom is 0.307 e. The standard InChI is InChI=1S/C9H16N2O3/c1-3-5-10-7-8(12)11-6-4-9(13)14-2/h3,10H,1,4-7H2,2H3,(H,11,12). The average Bonchev–Trinajstić information content (AvgIpc) is 2.18. The van der Waals surface area contributed by atoms with Gasteiger partial charge >= 0.3 is 5.97 Å². The van der Waals surface area contributed by atoms with E-state index in [1.807, 2.05) is 0 Å². The number of esters is 1. The van der Waals surface area contributed by atoms with E-state index in [2.05, 4.69) is 21.9 Å². The third-order valence-corrected chi connectivity index (χ3v) is 1.45. The molecule has 5 heteroatoms. The van der Waals surface area contributed by atoms with Gasteiger partial charge in [0.05, 0.1) is 20.1 Å². The molecule has 0 atom stereocenters. The van der Waals surface area contributed by atoms with Crippen molar-refractivity contribution in [3.05, 3.63) is 12.7 Å². The van der Waals surface area contributed by atoms with Crippen LogP contribution in [0.25, 0.3) is 0 Å². The molecular weight excluding hydrogens is 184 g/mol. The van der Waals surface area contributed by atoms with Gasteiger partial charge in [0.15, 0.2) is 0 Å². The Bertz CT molecular complexity index is 204. The monoisotopic (exact) mass is 200 g/mol. The minimum absolute atomic E-state index is 0.143. The zero-order valence-corrected chi connectivity index (χ0v) is 8.34. The van der Waals surface area contributed by atoms with Gasteiger partial charge in [-0.05, 0) is 0 Å². The van der Waals surface area contributed by atoms with Crippen molar-refractivity contribution < 1.29 is 14.3 Å². The SMILES string of the molecule is C=CCNCC(=O)NCCC(=O)OC. The molecule has 0 heterocycles. The molecule has 2 N–H and O–H groups in total. The Morgan fingerprint density at radius 2 is 2.21 bits per heavy atom. The lowest BCUT2D eigenvalue weighted by molar-refractivity contribution is -0.140. The van der Waals surface area contributed by atoms with Crippen LogP contribution >= 0.6 is 0 Å². The highest BCUT2D eigenvalue weighted by molar-refractivity contribution is 5.78. The minimum Gasteiger partial charge on any atom is -0.469 e. The first-order chi connectivity index (χ1) is 6.70.